The van der Waals surface area contributed by atoms with Crippen LogP contribution in [0, 0.1) is 0 Å². The average Bonchev–Trinajstić information content (AvgIpc) is 3.07. The van der Waals surface area contributed by atoms with E-state index in [1.807, 2.05) is 6.92 Å². The Kier molecular flexibility index (Phi) is 6.67. The molecule has 0 unspecified atom stereocenters. The third-order valence-corrected chi connectivity index (χ3v) is 4.11. The molecule has 0 amide bonds. The fourth-order valence-electron chi connectivity index (χ4n) is 2.03. The molecule has 0 aliphatic rings. The summed E-state index contributed by atoms with van der Waals surface area (Å²) in [5.74, 6) is 0.819. The van der Waals surface area contributed by atoms with Crippen molar-refractivity contribution in [3.05, 3.63) is 39.8 Å². The Morgan fingerprint density at radius 3 is 2.69 bits per heavy atom. The number of hydrogen-bond acceptors (Lipinski definition) is 5. The van der Waals surface area contributed by atoms with E-state index in [9.17, 15) is 18.3 Å². The van der Waals surface area contributed by atoms with E-state index in [-0.39, 0.29) is 18.8 Å². The van der Waals surface area contributed by atoms with Crippen LogP contribution >= 0.6 is 11.3 Å². The second kappa shape index (κ2) is 8.75. The molecule has 2 aromatic rings. The predicted octanol–water partition coefficient (Wildman–Crippen LogP) is 3.13. The van der Waals surface area contributed by atoms with E-state index in [1.165, 1.54) is 7.11 Å². The van der Waals surface area contributed by atoms with Crippen molar-refractivity contribution in [3.8, 4) is 11.5 Å². The summed E-state index contributed by atoms with van der Waals surface area (Å²) in [7, 11) is 1.46. The van der Waals surface area contributed by atoms with Crippen LogP contribution in [0.2, 0.25) is 0 Å². The van der Waals surface area contributed by atoms with Gasteiger partial charge in [-0.2, -0.15) is 13.2 Å². The lowest BCUT2D eigenvalue weighted by atomic mass is 10.2. The summed E-state index contributed by atoms with van der Waals surface area (Å²) in [5, 5.41) is 17.0. The molecule has 6 nitrogen and oxygen atoms in total. The van der Waals surface area contributed by atoms with Crippen molar-refractivity contribution >= 4 is 17.3 Å². The van der Waals surface area contributed by atoms with Gasteiger partial charge in [0.25, 0.3) is 0 Å². The van der Waals surface area contributed by atoms with Gasteiger partial charge in [-0.3, -0.25) is 0 Å². The predicted molar refractivity (Wildman–Crippen MR) is 93.4 cm³/mol. The minimum Gasteiger partial charge on any atom is -0.504 e. The molecule has 3 N–H and O–H groups in total. The summed E-state index contributed by atoms with van der Waals surface area (Å²) >= 11 is 0.934. The maximum Gasteiger partial charge on any atom is 0.434 e. The van der Waals surface area contributed by atoms with Crippen LogP contribution in [0.3, 0.4) is 0 Å². The number of rotatable bonds is 6. The number of nitrogens with one attached hydrogen (secondary N) is 2. The Labute approximate surface area is 152 Å². The molecule has 0 aliphatic heterocycles. The van der Waals surface area contributed by atoms with Crippen LogP contribution < -0.4 is 15.4 Å². The van der Waals surface area contributed by atoms with Crippen LogP contribution in [0.5, 0.6) is 11.5 Å². The summed E-state index contributed by atoms with van der Waals surface area (Å²) in [4.78, 5) is 7.91. The van der Waals surface area contributed by atoms with Crippen LogP contribution in [-0.4, -0.2) is 29.7 Å². The number of hydrogen-bond donors (Lipinski definition) is 3. The van der Waals surface area contributed by atoms with Gasteiger partial charge >= 0.3 is 6.18 Å². The van der Waals surface area contributed by atoms with Gasteiger partial charge in [0.1, 0.15) is 5.01 Å². The third-order valence-electron chi connectivity index (χ3n) is 3.26. The van der Waals surface area contributed by atoms with Gasteiger partial charge in [0.15, 0.2) is 23.2 Å². The van der Waals surface area contributed by atoms with Crippen LogP contribution in [-0.2, 0) is 19.3 Å². The Morgan fingerprint density at radius 2 is 2.12 bits per heavy atom. The summed E-state index contributed by atoms with van der Waals surface area (Å²) in [6, 6.07) is 4.94. The van der Waals surface area contributed by atoms with E-state index >= 15 is 0 Å². The van der Waals surface area contributed by atoms with Gasteiger partial charge < -0.3 is 20.5 Å². The number of aromatic hydroxyl groups is 1. The lowest BCUT2D eigenvalue weighted by Gasteiger charge is -2.10. The van der Waals surface area contributed by atoms with Crippen molar-refractivity contribution in [1.29, 1.82) is 0 Å². The monoisotopic (exact) mass is 388 g/mol. The number of thiazole rings is 1. The van der Waals surface area contributed by atoms with Crippen LogP contribution in [0.25, 0.3) is 0 Å². The number of nitrogens with zero attached hydrogens (tertiary/aromatic N) is 2. The largest absolute Gasteiger partial charge is 0.504 e. The number of methoxy groups -OCH3 is 1. The fraction of sp³-hybridized carbons (Fsp3) is 0.375. The summed E-state index contributed by atoms with van der Waals surface area (Å²) in [6.45, 7) is 2.87. The number of phenolic OH excluding ortho intramolecular Hbond substituents is 1. The maximum atomic E-state index is 12.6. The van der Waals surface area contributed by atoms with Crippen molar-refractivity contribution in [2.45, 2.75) is 26.2 Å². The molecule has 0 saturated carbocycles. The van der Waals surface area contributed by atoms with E-state index in [2.05, 4.69) is 20.6 Å². The molecule has 0 atom stereocenters. The average molecular weight is 388 g/mol. The number of benzene rings is 1. The normalized spacial score (nSPS) is 12.1. The highest BCUT2D eigenvalue weighted by molar-refractivity contribution is 7.09. The molecule has 26 heavy (non-hydrogen) atoms. The minimum atomic E-state index is -4.44. The van der Waals surface area contributed by atoms with E-state index in [0.717, 1.165) is 22.3 Å². The molecule has 0 spiro atoms. The lowest BCUT2D eigenvalue weighted by molar-refractivity contribution is -0.140. The second-order valence-electron chi connectivity index (χ2n) is 5.18. The van der Waals surface area contributed by atoms with Gasteiger partial charge in [0.2, 0.25) is 0 Å². The van der Waals surface area contributed by atoms with Crippen molar-refractivity contribution in [2.75, 3.05) is 13.7 Å². The Bertz CT molecular complexity index is 762. The van der Waals surface area contributed by atoms with E-state index < -0.39 is 11.9 Å². The number of phenols is 1. The highest BCUT2D eigenvalue weighted by Crippen LogP contribution is 2.30. The van der Waals surface area contributed by atoms with E-state index in [1.54, 1.807) is 18.2 Å². The van der Waals surface area contributed by atoms with E-state index in [4.69, 9.17) is 4.74 Å². The molecule has 0 bridgehead atoms. The highest BCUT2D eigenvalue weighted by Gasteiger charge is 2.33. The Balaban J connectivity index is 2.00. The van der Waals surface area contributed by atoms with Crippen molar-refractivity contribution < 1.29 is 23.0 Å². The molecular formula is C16H19F3N4O2S. The first-order valence-corrected chi connectivity index (χ1v) is 8.61. The Hall–Kier alpha value is -2.49. The zero-order chi connectivity index (χ0) is 19.2. The van der Waals surface area contributed by atoms with Gasteiger partial charge in [-0.05, 0) is 24.6 Å². The molecular weight excluding hydrogens is 369 g/mol. The molecule has 1 aromatic heterocycles. The summed E-state index contributed by atoms with van der Waals surface area (Å²) < 4.78 is 42.7. The molecule has 1 aromatic carbocycles. The number of halogens is 3. The lowest BCUT2D eigenvalue weighted by Crippen LogP contribution is -2.36. The molecule has 0 fully saturated rings. The standard InChI is InChI=1S/C16H19F3N4O2S/c1-3-20-15(21-7-10-4-5-12(25-2)11(24)6-10)22-8-14-23-13(9-26-14)16(17,18)19/h4-6,9,24H,3,7-8H2,1-2H3,(H2,20,21,22). The molecule has 142 valence electrons. The van der Waals surface area contributed by atoms with Gasteiger partial charge in [-0.25, -0.2) is 9.98 Å². The van der Waals surface area contributed by atoms with Crippen molar-refractivity contribution in [2.24, 2.45) is 4.99 Å². The second-order valence-corrected chi connectivity index (χ2v) is 6.12. The van der Waals surface area contributed by atoms with Gasteiger partial charge in [0.05, 0.1) is 20.2 Å². The summed E-state index contributed by atoms with van der Waals surface area (Å²) in [6.07, 6.45) is -4.44. The number of alkyl halides is 3. The topological polar surface area (TPSA) is 78.8 Å². The van der Waals surface area contributed by atoms with E-state index in [0.29, 0.717) is 23.3 Å². The van der Waals surface area contributed by atoms with Gasteiger partial charge in [0, 0.05) is 11.9 Å². The van der Waals surface area contributed by atoms with Crippen molar-refractivity contribution in [1.82, 2.24) is 15.6 Å². The first-order valence-electron chi connectivity index (χ1n) is 7.73. The zero-order valence-electron chi connectivity index (χ0n) is 14.2. The molecule has 2 rings (SSSR count). The van der Waals surface area contributed by atoms with Crippen LogP contribution in [0.1, 0.15) is 23.2 Å². The van der Waals surface area contributed by atoms with Crippen molar-refractivity contribution in [3.63, 3.8) is 0 Å². The first-order chi connectivity index (χ1) is 12.3. The first kappa shape index (κ1) is 19.8. The molecule has 0 radical (unpaired) electrons. The SMILES string of the molecule is CCNC(=NCc1ccc(OC)c(O)c1)NCc1nc(C(F)(F)F)cs1. The maximum absolute atomic E-state index is 12.6. The van der Waals surface area contributed by atoms with Gasteiger partial charge in [-0.15, -0.1) is 11.3 Å². The third kappa shape index (κ3) is 5.51. The minimum absolute atomic E-state index is 0.0145. The molecule has 1 heterocycles. The Morgan fingerprint density at radius 1 is 1.35 bits per heavy atom. The van der Waals surface area contributed by atoms with Crippen LogP contribution in [0.15, 0.2) is 28.6 Å². The summed E-state index contributed by atoms with van der Waals surface area (Å²) in [5.41, 5.74) is -0.135. The number of guanidine groups is 1. The number of aliphatic imine (C=N–C) groups is 1. The van der Waals surface area contributed by atoms with Gasteiger partial charge in [-0.1, -0.05) is 6.07 Å². The fourth-order valence-corrected chi connectivity index (χ4v) is 2.77. The quantitative estimate of drug-likeness (QED) is 0.523. The zero-order valence-corrected chi connectivity index (χ0v) is 15.0. The molecule has 0 saturated heterocycles. The highest BCUT2D eigenvalue weighted by atomic mass is 32.1. The number of ether oxygens (including phenoxy) is 1. The molecule has 0 aliphatic carbocycles. The van der Waals surface area contributed by atoms with Crippen LogP contribution in [0.4, 0.5) is 13.2 Å². The number of aromatic nitrogens is 1. The smallest absolute Gasteiger partial charge is 0.434 e. The molecule has 10 heteroatoms.